The molecule has 2 aromatic rings. The molecule has 21 heavy (non-hydrogen) atoms. The predicted octanol–water partition coefficient (Wildman–Crippen LogP) is 2.28. The summed E-state index contributed by atoms with van der Waals surface area (Å²) < 4.78 is 33.6. The number of hydrogen-bond acceptors (Lipinski definition) is 5. The molecule has 5 nitrogen and oxygen atoms in total. The standard InChI is InChI=1S/C15H14O5S/c1-19-13-7-5-6-12(10-13)15(16)11-20-21(17,18)14-8-3-2-4-9-14/h2-10H,11H2,1H3. The van der Waals surface area contributed by atoms with Crippen molar-refractivity contribution in [2.45, 2.75) is 4.90 Å². The highest BCUT2D eigenvalue weighted by Crippen LogP contribution is 2.15. The molecule has 0 aliphatic heterocycles. The van der Waals surface area contributed by atoms with Crippen molar-refractivity contribution < 1.29 is 22.1 Å². The minimum Gasteiger partial charge on any atom is -0.497 e. The zero-order valence-electron chi connectivity index (χ0n) is 11.4. The topological polar surface area (TPSA) is 69.7 Å². The van der Waals surface area contributed by atoms with E-state index in [0.717, 1.165) is 0 Å². The fourth-order valence-electron chi connectivity index (χ4n) is 1.67. The molecule has 2 aromatic carbocycles. The van der Waals surface area contributed by atoms with E-state index in [9.17, 15) is 13.2 Å². The van der Waals surface area contributed by atoms with Crippen molar-refractivity contribution in [3.63, 3.8) is 0 Å². The molecule has 0 radical (unpaired) electrons. The van der Waals surface area contributed by atoms with Crippen molar-refractivity contribution in [1.82, 2.24) is 0 Å². The molecule has 0 spiro atoms. The van der Waals surface area contributed by atoms with E-state index in [0.29, 0.717) is 11.3 Å². The molecule has 0 fully saturated rings. The smallest absolute Gasteiger partial charge is 0.297 e. The number of ketones is 1. The van der Waals surface area contributed by atoms with E-state index in [1.807, 2.05) is 0 Å². The maximum atomic E-state index is 11.9. The van der Waals surface area contributed by atoms with Gasteiger partial charge in [0.15, 0.2) is 5.78 Å². The van der Waals surface area contributed by atoms with Gasteiger partial charge in [0.2, 0.25) is 0 Å². The van der Waals surface area contributed by atoms with Crippen LogP contribution < -0.4 is 4.74 Å². The van der Waals surface area contributed by atoms with Crippen molar-refractivity contribution in [3.8, 4) is 5.75 Å². The number of ether oxygens (including phenoxy) is 1. The lowest BCUT2D eigenvalue weighted by molar-refractivity contribution is 0.0924. The Morgan fingerprint density at radius 1 is 1.05 bits per heavy atom. The fraction of sp³-hybridized carbons (Fsp3) is 0.133. The summed E-state index contributed by atoms with van der Waals surface area (Å²) >= 11 is 0. The minimum absolute atomic E-state index is 0.0171. The summed E-state index contributed by atoms with van der Waals surface area (Å²) in [7, 11) is -2.45. The minimum atomic E-state index is -3.93. The second kappa shape index (κ2) is 6.51. The Labute approximate surface area is 123 Å². The van der Waals surface area contributed by atoms with Crippen LogP contribution in [0.1, 0.15) is 10.4 Å². The van der Waals surface area contributed by atoms with E-state index in [1.165, 1.54) is 25.3 Å². The van der Waals surface area contributed by atoms with Crippen LogP contribution in [0.15, 0.2) is 59.5 Å². The summed E-state index contributed by atoms with van der Waals surface area (Å²) in [6, 6.07) is 14.1. The quantitative estimate of drug-likeness (QED) is 0.605. The van der Waals surface area contributed by atoms with Crippen molar-refractivity contribution in [1.29, 1.82) is 0 Å². The summed E-state index contributed by atoms with van der Waals surface area (Å²) in [6.07, 6.45) is 0. The van der Waals surface area contributed by atoms with Crippen LogP contribution in [0.3, 0.4) is 0 Å². The highest BCUT2D eigenvalue weighted by atomic mass is 32.2. The van der Waals surface area contributed by atoms with Crippen molar-refractivity contribution in [3.05, 3.63) is 60.2 Å². The normalized spacial score (nSPS) is 11.1. The number of benzene rings is 2. The van der Waals surface area contributed by atoms with Crippen molar-refractivity contribution >= 4 is 15.9 Å². The number of carbonyl (C=O) groups excluding carboxylic acids is 1. The maximum absolute atomic E-state index is 11.9. The van der Waals surface area contributed by atoms with Gasteiger partial charge in [-0.25, -0.2) is 0 Å². The molecule has 0 aliphatic rings. The number of methoxy groups -OCH3 is 1. The summed E-state index contributed by atoms with van der Waals surface area (Å²) in [6.45, 7) is -0.551. The lowest BCUT2D eigenvalue weighted by Gasteiger charge is -2.06. The maximum Gasteiger partial charge on any atom is 0.297 e. The van der Waals surface area contributed by atoms with Gasteiger partial charge in [-0.2, -0.15) is 8.42 Å². The largest absolute Gasteiger partial charge is 0.497 e. The van der Waals surface area contributed by atoms with E-state index in [4.69, 9.17) is 8.92 Å². The van der Waals surface area contributed by atoms with Gasteiger partial charge in [-0.1, -0.05) is 30.3 Å². The first-order chi connectivity index (χ1) is 10.0. The molecular formula is C15H14O5S. The molecule has 6 heteroatoms. The number of Topliss-reactive ketones (excluding diaryl/α,β-unsaturated/α-hetero) is 1. The molecule has 2 rings (SSSR count). The number of carbonyl (C=O) groups is 1. The van der Waals surface area contributed by atoms with Gasteiger partial charge in [0.25, 0.3) is 10.1 Å². The fourth-order valence-corrected chi connectivity index (χ4v) is 2.55. The van der Waals surface area contributed by atoms with Gasteiger partial charge >= 0.3 is 0 Å². The third-order valence-electron chi connectivity index (χ3n) is 2.77. The monoisotopic (exact) mass is 306 g/mol. The van der Waals surface area contributed by atoms with Gasteiger partial charge in [-0.3, -0.25) is 8.98 Å². The predicted molar refractivity (Wildman–Crippen MR) is 76.9 cm³/mol. The Bertz CT molecular complexity index is 723. The first-order valence-electron chi connectivity index (χ1n) is 6.14. The lowest BCUT2D eigenvalue weighted by Crippen LogP contribution is -2.14. The van der Waals surface area contributed by atoms with E-state index in [-0.39, 0.29) is 4.90 Å². The zero-order chi connectivity index (χ0) is 15.3. The van der Waals surface area contributed by atoms with Crippen LogP contribution in [0.25, 0.3) is 0 Å². The second-order valence-electron chi connectivity index (χ2n) is 4.18. The molecule has 110 valence electrons. The average molecular weight is 306 g/mol. The molecule has 0 bridgehead atoms. The van der Waals surface area contributed by atoms with Gasteiger partial charge in [-0.15, -0.1) is 0 Å². The molecule has 0 aliphatic carbocycles. The summed E-state index contributed by atoms with van der Waals surface area (Å²) in [5.74, 6) is 0.0835. The highest BCUT2D eigenvalue weighted by Gasteiger charge is 2.17. The average Bonchev–Trinajstić information content (AvgIpc) is 2.53. The Kier molecular flexibility index (Phi) is 4.72. The Hall–Kier alpha value is -2.18. The van der Waals surface area contributed by atoms with Gasteiger partial charge in [0.1, 0.15) is 12.4 Å². The van der Waals surface area contributed by atoms with Gasteiger partial charge < -0.3 is 4.74 Å². The highest BCUT2D eigenvalue weighted by molar-refractivity contribution is 7.86. The van der Waals surface area contributed by atoms with Gasteiger partial charge in [0, 0.05) is 5.56 Å². The first-order valence-corrected chi connectivity index (χ1v) is 7.55. The Balaban J connectivity index is 2.07. The molecule has 0 heterocycles. The van der Waals surface area contributed by atoms with E-state index >= 15 is 0 Å². The van der Waals surface area contributed by atoms with Crippen LogP contribution in [0.2, 0.25) is 0 Å². The van der Waals surface area contributed by atoms with Crippen LogP contribution in [0.5, 0.6) is 5.75 Å². The molecule has 0 amide bonds. The van der Waals surface area contributed by atoms with Crippen LogP contribution in [0, 0.1) is 0 Å². The zero-order valence-corrected chi connectivity index (χ0v) is 12.2. The Morgan fingerprint density at radius 2 is 1.76 bits per heavy atom. The van der Waals surface area contributed by atoms with Crippen LogP contribution in [-0.4, -0.2) is 27.9 Å². The van der Waals surface area contributed by atoms with E-state index in [1.54, 1.807) is 36.4 Å². The summed E-state index contributed by atoms with van der Waals surface area (Å²) in [4.78, 5) is 12.0. The van der Waals surface area contributed by atoms with E-state index in [2.05, 4.69) is 0 Å². The molecule has 0 saturated carbocycles. The van der Waals surface area contributed by atoms with Gasteiger partial charge in [0.05, 0.1) is 12.0 Å². The first kappa shape index (κ1) is 15.2. The molecular weight excluding hydrogens is 292 g/mol. The van der Waals surface area contributed by atoms with Crippen LogP contribution >= 0.6 is 0 Å². The van der Waals surface area contributed by atoms with Gasteiger partial charge in [-0.05, 0) is 24.3 Å². The third-order valence-corrected chi connectivity index (χ3v) is 4.05. The molecule has 0 unspecified atom stereocenters. The lowest BCUT2D eigenvalue weighted by atomic mass is 10.1. The summed E-state index contributed by atoms with van der Waals surface area (Å²) in [5.41, 5.74) is 0.331. The molecule has 0 saturated heterocycles. The third kappa shape index (κ3) is 3.90. The SMILES string of the molecule is COc1cccc(C(=O)COS(=O)(=O)c2ccccc2)c1. The number of hydrogen-bond donors (Lipinski definition) is 0. The second-order valence-corrected chi connectivity index (χ2v) is 5.80. The summed E-state index contributed by atoms with van der Waals surface area (Å²) in [5, 5.41) is 0. The van der Waals surface area contributed by atoms with Crippen LogP contribution in [0.4, 0.5) is 0 Å². The Morgan fingerprint density at radius 3 is 2.43 bits per heavy atom. The van der Waals surface area contributed by atoms with Crippen LogP contribution in [-0.2, 0) is 14.3 Å². The van der Waals surface area contributed by atoms with E-state index < -0.39 is 22.5 Å². The molecule has 0 aromatic heterocycles. The molecule has 0 N–H and O–H groups in total. The molecule has 0 atom stereocenters. The van der Waals surface area contributed by atoms with Crippen molar-refractivity contribution in [2.75, 3.05) is 13.7 Å². The number of rotatable bonds is 6. The van der Waals surface area contributed by atoms with Crippen molar-refractivity contribution in [2.24, 2.45) is 0 Å².